The van der Waals surface area contributed by atoms with Crippen LogP contribution in [0.3, 0.4) is 0 Å². The molecule has 1 aromatic heterocycles. The van der Waals surface area contributed by atoms with Crippen LogP contribution in [0.5, 0.6) is 0 Å². The molecule has 132 valence electrons. The van der Waals surface area contributed by atoms with E-state index in [0.717, 1.165) is 11.4 Å². The maximum Gasteiger partial charge on any atom is 0.276 e. The summed E-state index contributed by atoms with van der Waals surface area (Å²) in [6, 6.07) is 19.2. The van der Waals surface area contributed by atoms with Crippen molar-refractivity contribution in [1.82, 2.24) is 9.97 Å². The molecule has 5 heteroatoms. The van der Waals surface area contributed by atoms with Crippen molar-refractivity contribution < 1.29 is 4.79 Å². The third-order valence-corrected chi connectivity index (χ3v) is 4.16. The summed E-state index contributed by atoms with van der Waals surface area (Å²) >= 11 is 0. The van der Waals surface area contributed by atoms with Gasteiger partial charge in [0, 0.05) is 24.6 Å². The van der Waals surface area contributed by atoms with Crippen LogP contribution in [0.4, 0.5) is 17.3 Å². The average Bonchev–Trinajstić information content (AvgIpc) is 2.68. The summed E-state index contributed by atoms with van der Waals surface area (Å²) in [6.45, 7) is 4.31. The van der Waals surface area contributed by atoms with Gasteiger partial charge in [0.1, 0.15) is 5.69 Å². The maximum atomic E-state index is 12.7. The fourth-order valence-corrected chi connectivity index (χ4v) is 2.56. The largest absolute Gasteiger partial charge is 0.324 e. The van der Waals surface area contributed by atoms with Gasteiger partial charge < -0.3 is 10.2 Å². The smallest absolute Gasteiger partial charge is 0.276 e. The molecular formula is C21H22N4O. The van der Waals surface area contributed by atoms with Gasteiger partial charge in [-0.3, -0.25) is 4.79 Å². The molecule has 1 heterocycles. The highest BCUT2D eigenvalue weighted by molar-refractivity contribution is 6.04. The molecule has 0 saturated heterocycles. The van der Waals surface area contributed by atoms with Crippen molar-refractivity contribution in [3.05, 3.63) is 78.1 Å². The molecular weight excluding hydrogens is 324 g/mol. The molecule has 26 heavy (non-hydrogen) atoms. The minimum absolute atomic E-state index is 0.184. The van der Waals surface area contributed by atoms with Crippen molar-refractivity contribution >= 4 is 23.2 Å². The first-order valence-corrected chi connectivity index (χ1v) is 8.58. The van der Waals surface area contributed by atoms with Crippen molar-refractivity contribution in [2.75, 3.05) is 17.3 Å². The minimum atomic E-state index is -0.184. The van der Waals surface area contributed by atoms with E-state index in [0.29, 0.717) is 17.6 Å². The number of para-hydroxylation sites is 1. The molecule has 2 aromatic carbocycles. The number of nitrogens with zero attached hydrogens (tertiary/aromatic N) is 3. The summed E-state index contributed by atoms with van der Waals surface area (Å²) in [5, 5.41) is 3.15. The van der Waals surface area contributed by atoms with Crippen LogP contribution < -0.4 is 10.2 Å². The van der Waals surface area contributed by atoms with E-state index >= 15 is 0 Å². The van der Waals surface area contributed by atoms with Crippen LogP contribution in [0, 0.1) is 0 Å². The molecule has 0 saturated carbocycles. The standard InChI is InChI=1S/C21H22N4O/c1-15(2)16-9-11-17(12-10-16)23-21-22-14-13-19(24-21)20(26)25(3)18-7-5-4-6-8-18/h4-15H,1-3H3,(H,22,23,24). The second-order valence-electron chi connectivity index (χ2n) is 6.37. The molecule has 0 fully saturated rings. The molecule has 1 amide bonds. The molecule has 3 rings (SSSR count). The molecule has 0 aliphatic heterocycles. The number of nitrogens with one attached hydrogen (secondary N) is 1. The van der Waals surface area contributed by atoms with Gasteiger partial charge in [0.2, 0.25) is 5.95 Å². The Balaban J connectivity index is 1.76. The predicted molar refractivity (Wildman–Crippen MR) is 105 cm³/mol. The lowest BCUT2D eigenvalue weighted by Crippen LogP contribution is -2.27. The lowest BCUT2D eigenvalue weighted by atomic mass is 10.0. The fourth-order valence-electron chi connectivity index (χ4n) is 2.56. The quantitative estimate of drug-likeness (QED) is 0.732. The second kappa shape index (κ2) is 7.78. The number of benzene rings is 2. The summed E-state index contributed by atoms with van der Waals surface area (Å²) in [7, 11) is 1.73. The highest BCUT2D eigenvalue weighted by Gasteiger charge is 2.15. The van der Waals surface area contributed by atoms with Crippen molar-refractivity contribution in [2.45, 2.75) is 19.8 Å². The van der Waals surface area contributed by atoms with Crippen LogP contribution >= 0.6 is 0 Å². The summed E-state index contributed by atoms with van der Waals surface area (Å²) in [5.74, 6) is 0.696. The third-order valence-electron chi connectivity index (χ3n) is 4.16. The Bertz CT molecular complexity index is 876. The molecule has 1 N–H and O–H groups in total. The molecule has 0 atom stereocenters. The van der Waals surface area contributed by atoms with E-state index in [1.807, 2.05) is 42.5 Å². The minimum Gasteiger partial charge on any atom is -0.324 e. The number of hydrogen-bond acceptors (Lipinski definition) is 4. The van der Waals surface area contributed by atoms with Gasteiger partial charge in [-0.25, -0.2) is 9.97 Å². The Morgan fingerprint density at radius 3 is 2.35 bits per heavy atom. The van der Waals surface area contributed by atoms with Gasteiger partial charge >= 0.3 is 0 Å². The van der Waals surface area contributed by atoms with Crippen molar-refractivity contribution in [3.8, 4) is 0 Å². The zero-order valence-electron chi connectivity index (χ0n) is 15.2. The Kier molecular flexibility index (Phi) is 5.27. The van der Waals surface area contributed by atoms with Gasteiger partial charge in [-0.2, -0.15) is 0 Å². The van der Waals surface area contributed by atoms with Crippen molar-refractivity contribution in [3.63, 3.8) is 0 Å². The SMILES string of the molecule is CC(C)c1ccc(Nc2nccc(C(=O)N(C)c3ccccc3)n2)cc1. The number of carbonyl (C=O) groups excluding carboxylic acids is 1. The van der Waals surface area contributed by atoms with Crippen LogP contribution in [0.2, 0.25) is 0 Å². The number of carbonyl (C=O) groups is 1. The molecule has 0 unspecified atom stereocenters. The number of amides is 1. The number of rotatable bonds is 5. The van der Waals surface area contributed by atoms with E-state index < -0.39 is 0 Å². The van der Waals surface area contributed by atoms with Gasteiger partial charge in [-0.15, -0.1) is 0 Å². The van der Waals surface area contributed by atoms with Gasteiger partial charge in [0.15, 0.2) is 0 Å². The molecule has 0 bridgehead atoms. The topological polar surface area (TPSA) is 58.1 Å². The maximum absolute atomic E-state index is 12.7. The van der Waals surface area contributed by atoms with Crippen LogP contribution in [0.25, 0.3) is 0 Å². The fraction of sp³-hybridized carbons (Fsp3) is 0.190. The summed E-state index contributed by atoms with van der Waals surface area (Å²) in [4.78, 5) is 22.8. The van der Waals surface area contributed by atoms with E-state index in [1.54, 1.807) is 24.2 Å². The summed E-state index contributed by atoms with van der Waals surface area (Å²) < 4.78 is 0. The zero-order valence-corrected chi connectivity index (χ0v) is 15.2. The molecule has 3 aromatic rings. The first-order chi connectivity index (χ1) is 12.5. The van der Waals surface area contributed by atoms with Gasteiger partial charge in [0.05, 0.1) is 0 Å². The lowest BCUT2D eigenvalue weighted by Gasteiger charge is -2.17. The molecule has 0 radical (unpaired) electrons. The van der Waals surface area contributed by atoms with Crippen LogP contribution in [0.15, 0.2) is 66.9 Å². The Morgan fingerprint density at radius 2 is 1.69 bits per heavy atom. The van der Waals surface area contributed by atoms with Gasteiger partial charge in [-0.1, -0.05) is 44.2 Å². The molecule has 0 spiro atoms. The van der Waals surface area contributed by atoms with Crippen molar-refractivity contribution in [1.29, 1.82) is 0 Å². The third kappa shape index (κ3) is 4.06. The van der Waals surface area contributed by atoms with Gasteiger partial charge in [0.25, 0.3) is 5.91 Å². The summed E-state index contributed by atoms with van der Waals surface area (Å²) in [5.41, 5.74) is 3.31. The number of aromatic nitrogens is 2. The summed E-state index contributed by atoms with van der Waals surface area (Å²) in [6.07, 6.45) is 1.59. The Labute approximate surface area is 153 Å². The monoisotopic (exact) mass is 346 g/mol. The first kappa shape index (κ1) is 17.6. The number of anilines is 3. The van der Waals surface area contributed by atoms with Crippen molar-refractivity contribution in [2.24, 2.45) is 0 Å². The molecule has 5 nitrogen and oxygen atoms in total. The second-order valence-corrected chi connectivity index (χ2v) is 6.37. The Hall–Kier alpha value is -3.21. The van der Waals surface area contributed by atoms with Gasteiger partial charge in [-0.05, 0) is 41.8 Å². The van der Waals surface area contributed by atoms with E-state index in [2.05, 4.69) is 41.3 Å². The molecule has 0 aliphatic rings. The lowest BCUT2D eigenvalue weighted by molar-refractivity contribution is 0.0988. The van der Waals surface area contributed by atoms with E-state index in [4.69, 9.17) is 0 Å². The Morgan fingerprint density at radius 1 is 1.00 bits per heavy atom. The highest BCUT2D eigenvalue weighted by Crippen LogP contribution is 2.19. The normalized spacial score (nSPS) is 10.6. The predicted octanol–water partition coefficient (Wildman–Crippen LogP) is 4.62. The zero-order chi connectivity index (χ0) is 18.5. The average molecular weight is 346 g/mol. The number of hydrogen-bond donors (Lipinski definition) is 1. The highest BCUT2D eigenvalue weighted by atomic mass is 16.2. The van der Waals surface area contributed by atoms with E-state index in [9.17, 15) is 4.79 Å². The van der Waals surface area contributed by atoms with Crippen LogP contribution in [-0.2, 0) is 0 Å². The van der Waals surface area contributed by atoms with Crippen LogP contribution in [-0.4, -0.2) is 22.9 Å². The first-order valence-electron chi connectivity index (χ1n) is 8.58. The molecule has 0 aliphatic carbocycles. The van der Waals surface area contributed by atoms with E-state index in [-0.39, 0.29) is 5.91 Å². The van der Waals surface area contributed by atoms with E-state index in [1.165, 1.54) is 5.56 Å². The van der Waals surface area contributed by atoms with Crippen LogP contribution in [0.1, 0.15) is 35.8 Å².